The van der Waals surface area contributed by atoms with Gasteiger partial charge in [0.1, 0.15) is 6.29 Å². The molecule has 0 amide bonds. The number of aliphatic hydroxyl groups is 1. The summed E-state index contributed by atoms with van der Waals surface area (Å²) < 4.78 is 0. The van der Waals surface area contributed by atoms with Gasteiger partial charge in [0.15, 0.2) is 0 Å². The van der Waals surface area contributed by atoms with E-state index in [2.05, 4.69) is 0 Å². The summed E-state index contributed by atoms with van der Waals surface area (Å²) in [6.45, 7) is 3.56. The third-order valence-corrected chi connectivity index (χ3v) is 2.12. The first-order valence-corrected chi connectivity index (χ1v) is 4.73. The normalized spacial score (nSPS) is 9.86. The van der Waals surface area contributed by atoms with E-state index in [0.717, 1.165) is 18.5 Å². The predicted molar refractivity (Wildman–Crippen MR) is 56.8 cm³/mol. The van der Waals surface area contributed by atoms with E-state index in [1.165, 1.54) is 0 Å². The van der Waals surface area contributed by atoms with Gasteiger partial charge in [-0.25, -0.2) is 0 Å². The van der Waals surface area contributed by atoms with E-state index in [4.69, 9.17) is 5.11 Å². The molecule has 0 bridgehead atoms. The molecule has 0 saturated heterocycles. The van der Waals surface area contributed by atoms with Crippen molar-refractivity contribution in [2.45, 2.75) is 6.92 Å². The first kappa shape index (κ1) is 10.7. The van der Waals surface area contributed by atoms with Crippen molar-refractivity contribution in [1.82, 2.24) is 0 Å². The lowest BCUT2D eigenvalue weighted by molar-refractivity contribution is 0.112. The molecule has 0 heterocycles. The van der Waals surface area contributed by atoms with Gasteiger partial charge in [-0.3, -0.25) is 4.79 Å². The number of aldehydes is 1. The summed E-state index contributed by atoms with van der Waals surface area (Å²) in [6, 6.07) is 7.38. The zero-order valence-corrected chi connectivity index (χ0v) is 8.31. The van der Waals surface area contributed by atoms with Crippen molar-refractivity contribution < 1.29 is 9.90 Å². The van der Waals surface area contributed by atoms with Crippen LogP contribution < -0.4 is 4.90 Å². The smallest absolute Gasteiger partial charge is 0.150 e. The molecule has 1 rings (SSSR count). The maximum absolute atomic E-state index is 10.6. The van der Waals surface area contributed by atoms with Crippen molar-refractivity contribution in [3.63, 3.8) is 0 Å². The molecular weight excluding hydrogens is 178 g/mol. The highest BCUT2D eigenvalue weighted by atomic mass is 16.3. The Labute approximate surface area is 84.0 Å². The van der Waals surface area contributed by atoms with Gasteiger partial charge >= 0.3 is 0 Å². The van der Waals surface area contributed by atoms with Crippen molar-refractivity contribution in [2.24, 2.45) is 0 Å². The molecule has 0 unspecified atom stereocenters. The maximum atomic E-state index is 10.6. The van der Waals surface area contributed by atoms with Crippen molar-refractivity contribution in [2.75, 3.05) is 24.6 Å². The number of hydrogen-bond acceptors (Lipinski definition) is 3. The van der Waals surface area contributed by atoms with Crippen molar-refractivity contribution >= 4 is 12.0 Å². The van der Waals surface area contributed by atoms with Gasteiger partial charge < -0.3 is 10.0 Å². The molecule has 1 aromatic carbocycles. The van der Waals surface area contributed by atoms with E-state index in [-0.39, 0.29) is 6.61 Å². The summed E-state index contributed by atoms with van der Waals surface area (Å²) in [5.41, 5.74) is 1.64. The molecule has 0 atom stereocenters. The van der Waals surface area contributed by atoms with Crippen molar-refractivity contribution in [3.8, 4) is 0 Å². The molecule has 0 radical (unpaired) electrons. The Morgan fingerprint density at radius 1 is 1.50 bits per heavy atom. The molecule has 0 aliphatic rings. The van der Waals surface area contributed by atoms with Crippen LogP contribution in [0.2, 0.25) is 0 Å². The number of nitrogens with zero attached hydrogens (tertiary/aromatic N) is 1. The fourth-order valence-corrected chi connectivity index (χ4v) is 1.39. The quantitative estimate of drug-likeness (QED) is 0.717. The molecule has 0 aliphatic heterocycles. The minimum Gasteiger partial charge on any atom is -0.395 e. The van der Waals surface area contributed by atoms with Crippen LogP contribution in [-0.4, -0.2) is 31.1 Å². The highest BCUT2D eigenvalue weighted by molar-refractivity contribution is 5.77. The monoisotopic (exact) mass is 193 g/mol. The Morgan fingerprint density at radius 3 is 2.86 bits per heavy atom. The molecule has 0 fully saturated rings. The van der Waals surface area contributed by atoms with Gasteiger partial charge in [-0.1, -0.05) is 12.1 Å². The summed E-state index contributed by atoms with van der Waals surface area (Å²) in [6.07, 6.45) is 0.830. The van der Waals surface area contributed by atoms with E-state index in [0.29, 0.717) is 12.1 Å². The summed E-state index contributed by atoms with van der Waals surface area (Å²) in [4.78, 5) is 12.6. The number of anilines is 1. The molecule has 3 nitrogen and oxygen atoms in total. The van der Waals surface area contributed by atoms with Crippen LogP contribution in [0.15, 0.2) is 24.3 Å². The molecular formula is C11H15NO2. The standard InChI is InChI=1S/C11H15NO2/c1-2-12(6-7-13)11-5-3-4-10(8-11)9-14/h3-5,8-9,13H,2,6-7H2,1H3. The number of carbonyl (C=O) groups is 1. The number of carbonyl (C=O) groups excluding carboxylic acids is 1. The Bertz CT molecular complexity index is 299. The van der Waals surface area contributed by atoms with Crippen LogP contribution in [0.5, 0.6) is 0 Å². The lowest BCUT2D eigenvalue weighted by Gasteiger charge is -2.21. The molecule has 0 aliphatic carbocycles. The van der Waals surface area contributed by atoms with Crippen LogP contribution in [0, 0.1) is 0 Å². The second-order valence-electron chi connectivity index (χ2n) is 3.02. The third kappa shape index (κ3) is 2.57. The van der Waals surface area contributed by atoms with Gasteiger partial charge in [-0.15, -0.1) is 0 Å². The Morgan fingerprint density at radius 2 is 2.29 bits per heavy atom. The van der Waals surface area contributed by atoms with Crippen LogP contribution in [0.4, 0.5) is 5.69 Å². The summed E-state index contributed by atoms with van der Waals surface area (Å²) >= 11 is 0. The molecule has 0 spiro atoms. The summed E-state index contributed by atoms with van der Waals surface area (Å²) in [7, 11) is 0. The van der Waals surface area contributed by atoms with Gasteiger partial charge in [0.2, 0.25) is 0 Å². The Hall–Kier alpha value is -1.35. The maximum Gasteiger partial charge on any atom is 0.150 e. The molecule has 0 saturated carbocycles. The first-order chi connectivity index (χ1) is 6.81. The zero-order valence-electron chi connectivity index (χ0n) is 8.31. The molecule has 76 valence electrons. The molecule has 14 heavy (non-hydrogen) atoms. The second-order valence-corrected chi connectivity index (χ2v) is 3.02. The van der Waals surface area contributed by atoms with E-state index in [1.807, 2.05) is 30.0 Å². The average molecular weight is 193 g/mol. The van der Waals surface area contributed by atoms with Crippen LogP contribution in [0.25, 0.3) is 0 Å². The molecule has 1 N–H and O–H groups in total. The highest BCUT2D eigenvalue weighted by Gasteiger charge is 2.03. The van der Waals surface area contributed by atoms with Crippen LogP contribution in [0.3, 0.4) is 0 Å². The van der Waals surface area contributed by atoms with Gasteiger partial charge in [0.25, 0.3) is 0 Å². The van der Waals surface area contributed by atoms with E-state index in [9.17, 15) is 4.79 Å². The highest BCUT2D eigenvalue weighted by Crippen LogP contribution is 2.14. The number of aliphatic hydroxyl groups excluding tert-OH is 1. The predicted octanol–water partition coefficient (Wildman–Crippen LogP) is 1.32. The van der Waals surface area contributed by atoms with Crippen LogP contribution >= 0.6 is 0 Å². The van der Waals surface area contributed by atoms with Gasteiger partial charge in [-0.05, 0) is 19.1 Å². The number of likely N-dealkylation sites (N-methyl/N-ethyl adjacent to an activating group) is 1. The molecule has 1 aromatic rings. The molecule has 0 aromatic heterocycles. The number of hydrogen-bond donors (Lipinski definition) is 1. The first-order valence-electron chi connectivity index (χ1n) is 4.73. The van der Waals surface area contributed by atoms with Gasteiger partial charge in [0, 0.05) is 24.3 Å². The van der Waals surface area contributed by atoms with E-state index in [1.54, 1.807) is 6.07 Å². The van der Waals surface area contributed by atoms with Crippen molar-refractivity contribution in [1.29, 1.82) is 0 Å². The van der Waals surface area contributed by atoms with Gasteiger partial charge in [-0.2, -0.15) is 0 Å². The van der Waals surface area contributed by atoms with Gasteiger partial charge in [0.05, 0.1) is 6.61 Å². The summed E-state index contributed by atoms with van der Waals surface area (Å²) in [5.74, 6) is 0. The topological polar surface area (TPSA) is 40.5 Å². The lowest BCUT2D eigenvalue weighted by atomic mass is 10.2. The zero-order chi connectivity index (χ0) is 10.4. The van der Waals surface area contributed by atoms with E-state index < -0.39 is 0 Å². The number of benzene rings is 1. The summed E-state index contributed by atoms with van der Waals surface area (Å²) in [5, 5.41) is 8.84. The van der Waals surface area contributed by atoms with Crippen LogP contribution in [-0.2, 0) is 0 Å². The SMILES string of the molecule is CCN(CCO)c1cccc(C=O)c1. The largest absolute Gasteiger partial charge is 0.395 e. The minimum atomic E-state index is 0.124. The van der Waals surface area contributed by atoms with Crippen molar-refractivity contribution in [3.05, 3.63) is 29.8 Å². The lowest BCUT2D eigenvalue weighted by Crippen LogP contribution is -2.26. The fourth-order valence-electron chi connectivity index (χ4n) is 1.39. The second kappa shape index (κ2) is 5.40. The Balaban J connectivity index is 2.86. The van der Waals surface area contributed by atoms with Crippen LogP contribution in [0.1, 0.15) is 17.3 Å². The average Bonchev–Trinajstić information content (AvgIpc) is 2.26. The fraction of sp³-hybridized carbons (Fsp3) is 0.364. The molecule has 3 heteroatoms. The Kier molecular flexibility index (Phi) is 4.13. The minimum absolute atomic E-state index is 0.124. The third-order valence-electron chi connectivity index (χ3n) is 2.12. The van der Waals surface area contributed by atoms with E-state index >= 15 is 0 Å². The number of rotatable bonds is 5.